The van der Waals surface area contributed by atoms with Gasteiger partial charge in [-0.2, -0.15) is 0 Å². The van der Waals surface area contributed by atoms with Crippen LogP contribution < -0.4 is 15.4 Å². The van der Waals surface area contributed by atoms with Crippen molar-refractivity contribution < 1.29 is 9.15 Å². The van der Waals surface area contributed by atoms with Gasteiger partial charge in [0, 0.05) is 26.6 Å². The molecule has 164 valence electrons. The first-order valence-electron chi connectivity index (χ1n) is 10.7. The van der Waals surface area contributed by atoms with Crippen molar-refractivity contribution in [1.29, 1.82) is 0 Å². The minimum atomic E-state index is 0. The number of aryl methyl sites for hydroxylation is 1. The standard InChI is InChI=1S/C23H32N4O2.HI/c1-17-5-7-22(29-17)20(27-12-3-4-13-27)16-26-23(24-2)25-11-9-18-6-8-21-19(15-18)10-14-28-21;/h5-8,15,20H,3-4,9-14,16H2,1-2H3,(H2,24,25,26);1H. The van der Waals surface area contributed by atoms with Crippen molar-refractivity contribution in [3.8, 4) is 5.75 Å². The van der Waals surface area contributed by atoms with Crippen LogP contribution in [0.1, 0.15) is 41.5 Å². The van der Waals surface area contributed by atoms with Crippen molar-refractivity contribution >= 4 is 29.9 Å². The third kappa shape index (κ3) is 5.69. The zero-order valence-corrected chi connectivity index (χ0v) is 20.3. The number of benzene rings is 1. The molecule has 3 heterocycles. The summed E-state index contributed by atoms with van der Waals surface area (Å²) in [5.41, 5.74) is 2.66. The van der Waals surface area contributed by atoms with Gasteiger partial charge in [0.05, 0.1) is 12.6 Å². The Kier molecular flexibility index (Phi) is 8.44. The number of aliphatic imine (C=N–C) groups is 1. The summed E-state index contributed by atoms with van der Waals surface area (Å²) in [7, 11) is 1.82. The van der Waals surface area contributed by atoms with E-state index in [1.807, 2.05) is 20.0 Å². The van der Waals surface area contributed by atoms with Crippen molar-refractivity contribution in [1.82, 2.24) is 15.5 Å². The molecule has 1 saturated heterocycles. The molecule has 4 rings (SSSR count). The second kappa shape index (κ2) is 11.0. The average molecular weight is 524 g/mol. The van der Waals surface area contributed by atoms with E-state index >= 15 is 0 Å². The maximum atomic E-state index is 5.95. The molecule has 0 amide bonds. The Morgan fingerprint density at radius 1 is 1.17 bits per heavy atom. The summed E-state index contributed by atoms with van der Waals surface area (Å²) < 4.78 is 11.5. The van der Waals surface area contributed by atoms with Crippen LogP contribution in [0, 0.1) is 6.92 Å². The second-order valence-corrected chi connectivity index (χ2v) is 7.88. The predicted octanol–water partition coefficient (Wildman–Crippen LogP) is 3.69. The van der Waals surface area contributed by atoms with Gasteiger partial charge in [-0.3, -0.25) is 9.89 Å². The molecule has 0 spiro atoms. The van der Waals surface area contributed by atoms with E-state index in [2.05, 4.69) is 44.8 Å². The number of hydrogen-bond acceptors (Lipinski definition) is 4. The minimum absolute atomic E-state index is 0. The monoisotopic (exact) mass is 524 g/mol. The molecule has 1 atom stereocenters. The van der Waals surface area contributed by atoms with Gasteiger partial charge in [-0.25, -0.2) is 0 Å². The van der Waals surface area contributed by atoms with Crippen molar-refractivity contribution in [3.05, 3.63) is 53.0 Å². The van der Waals surface area contributed by atoms with Gasteiger partial charge in [0.2, 0.25) is 0 Å². The number of halogens is 1. The lowest BCUT2D eigenvalue weighted by atomic mass is 10.1. The quantitative estimate of drug-likeness (QED) is 0.329. The van der Waals surface area contributed by atoms with E-state index in [1.165, 1.54) is 24.0 Å². The number of fused-ring (bicyclic) bond motifs is 1. The number of rotatable bonds is 7. The third-order valence-corrected chi connectivity index (χ3v) is 5.82. The number of hydrogen-bond donors (Lipinski definition) is 2. The van der Waals surface area contributed by atoms with Gasteiger partial charge in [0.15, 0.2) is 5.96 Å². The Bertz CT molecular complexity index is 845. The van der Waals surface area contributed by atoms with Crippen LogP contribution in [0.4, 0.5) is 0 Å². The van der Waals surface area contributed by atoms with E-state index < -0.39 is 0 Å². The molecule has 1 fully saturated rings. The summed E-state index contributed by atoms with van der Waals surface area (Å²) in [6, 6.07) is 10.9. The summed E-state index contributed by atoms with van der Waals surface area (Å²) in [5, 5.41) is 6.95. The van der Waals surface area contributed by atoms with Gasteiger partial charge in [-0.1, -0.05) is 12.1 Å². The molecule has 1 unspecified atom stereocenters. The molecule has 2 aliphatic heterocycles. The number of nitrogens with zero attached hydrogens (tertiary/aromatic N) is 2. The maximum absolute atomic E-state index is 5.95. The zero-order chi connectivity index (χ0) is 20.1. The fourth-order valence-electron chi connectivity index (χ4n) is 4.23. The molecular weight excluding hydrogens is 491 g/mol. The van der Waals surface area contributed by atoms with E-state index in [0.29, 0.717) is 0 Å². The van der Waals surface area contributed by atoms with Gasteiger partial charge in [0.25, 0.3) is 0 Å². The first-order chi connectivity index (χ1) is 14.2. The van der Waals surface area contributed by atoms with Crippen molar-refractivity contribution in [2.45, 2.75) is 38.6 Å². The number of likely N-dealkylation sites (tertiary alicyclic amines) is 1. The summed E-state index contributed by atoms with van der Waals surface area (Å²) in [4.78, 5) is 6.90. The van der Waals surface area contributed by atoms with Gasteiger partial charge in [-0.15, -0.1) is 24.0 Å². The molecule has 2 aliphatic rings. The van der Waals surface area contributed by atoms with Crippen LogP contribution >= 0.6 is 24.0 Å². The molecule has 1 aromatic heterocycles. The maximum Gasteiger partial charge on any atom is 0.191 e. The highest BCUT2D eigenvalue weighted by molar-refractivity contribution is 14.0. The summed E-state index contributed by atoms with van der Waals surface area (Å²) in [6.45, 7) is 6.68. The molecule has 0 bridgehead atoms. The van der Waals surface area contributed by atoms with Crippen molar-refractivity contribution in [3.63, 3.8) is 0 Å². The van der Waals surface area contributed by atoms with E-state index in [0.717, 1.165) is 68.9 Å². The lowest BCUT2D eigenvalue weighted by Gasteiger charge is -2.26. The summed E-state index contributed by atoms with van der Waals surface area (Å²) in [5.74, 6) is 3.88. The largest absolute Gasteiger partial charge is 0.493 e. The van der Waals surface area contributed by atoms with Crippen LogP contribution in [0.15, 0.2) is 39.7 Å². The SMILES string of the molecule is CN=C(NCCc1ccc2c(c1)CCO2)NCC(c1ccc(C)o1)N1CCCC1.I. The first kappa shape index (κ1) is 22.9. The molecule has 0 saturated carbocycles. The highest BCUT2D eigenvalue weighted by Gasteiger charge is 2.26. The van der Waals surface area contributed by atoms with E-state index in [1.54, 1.807) is 0 Å². The fraction of sp³-hybridized carbons (Fsp3) is 0.522. The smallest absolute Gasteiger partial charge is 0.191 e. The minimum Gasteiger partial charge on any atom is -0.493 e. The normalized spacial score (nSPS) is 17.2. The molecule has 6 nitrogen and oxygen atoms in total. The fourth-order valence-corrected chi connectivity index (χ4v) is 4.23. The van der Waals surface area contributed by atoms with Crippen LogP contribution in [-0.4, -0.2) is 50.7 Å². The molecule has 2 N–H and O–H groups in total. The first-order valence-corrected chi connectivity index (χ1v) is 10.7. The van der Waals surface area contributed by atoms with E-state index in [4.69, 9.17) is 9.15 Å². The summed E-state index contributed by atoms with van der Waals surface area (Å²) >= 11 is 0. The number of guanidine groups is 1. The van der Waals surface area contributed by atoms with Gasteiger partial charge >= 0.3 is 0 Å². The van der Waals surface area contributed by atoms with Crippen LogP contribution in [0.2, 0.25) is 0 Å². The Morgan fingerprint density at radius 3 is 2.73 bits per heavy atom. The van der Waals surface area contributed by atoms with Crippen LogP contribution in [0.25, 0.3) is 0 Å². The number of ether oxygens (including phenoxy) is 1. The third-order valence-electron chi connectivity index (χ3n) is 5.82. The van der Waals surface area contributed by atoms with Crippen molar-refractivity contribution in [2.24, 2.45) is 4.99 Å². The van der Waals surface area contributed by atoms with Crippen LogP contribution in [0.5, 0.6) is 5.75 Å². The zero-order valence-electron chi connectivity index (χ0n) is 17.9. The molecule has 7 heteroatoms. The Balaban J connectivity index is 0.00000256. The predicted molar refractivity (Wildman–Crippen MR) is 131 cm³/mol. The van der Waals surface area contributed by atoms with E-state index in [-0.39, 0.29) is 30.0 Å². The number of furan rings is 1. The molecule has 0 aliphatic carbocycles. The molecule has 30 heavy (non-hydrogen) atoms. The molecular formula is C23H33IN4O2. The van der Waals surface area contributed by atoms with Gasteiger partial charge < -0.3 is 19.8 Å². The highest BCUT2D eigenvalue weighted by atomic mass is 127. The Hall–Kier alpha value is -1.74. The van der Waals surface area contributed by atoms with E-state index in [9.17, 15) is 0 Å². The topological polar surface area (TPSA) is 62.0 Å². The van der Waals surface area contributed by atoms with Crippen LogP contribution in [-0.2, 0) is 12.8 Å². The summed E-state index contributed by atoms with van der Waals surface area (Å²) in [6.07, 6.45) is 4.49. The van der Waals surface area contributed by atoms with Gasteiger partial charge in [0.1, 0.15) is 17.3 Å². The molecule has 1 aromatic carbocycles. The van der Waals surface area contributed by atoms with Gasteiger partial charge in [-0.05, 0) is 68.6 Å². The average Bonchev–Trinajstić information content (AvgIpc) is 3.49. The Labute approximate surface area is 196 Å². The van der Waals surface area contributed by atoms with Crippen LogP contribution in [0.3, 0.4) is 0 Å². The lowest BCUT2D eigenvalue weighted by Crippen LogP contribution is -2.43. The highest BCUT2D eigenvalue weighted by Crippen LogP contribution is 2.27. The lowest BCUT2D eigenvalue weighted by molar-refractivity contribution is 0.213. The molecule has 0 radical (unpaired) electrons. The second-order valence-electron chi connectivity index (χ2n) is 7.88. The Morgan fingerprint density at radius 2 is 2.00 bits per heavy atom. The number of nitrogens with one attached hydrogen (secondary N) is 2. The van der Waals surface area contributed by atoms with Crippen molar-refractivity contribution in [2.75, 3.05) is 39.8 Å². The molecule has 2 aromatic rings.